The van der Waals surface area contributed by atoms with Crippen molar-refractivity contribution in [2.75, 3.05) is 45.9 Å². The molecule has 2 heterocycles. The van der Waals surface area contributed by atoms with Crippen molar-refractivity contribution in [1.29, 1.82) is 0 Å². The number of hydrogen-bond acceptors (Lipinski definition) is 4. The van der Waals surface area contributed by atoms with E-state index in [4.69, 9.17) is 4.74 Å². The molecule has 5 heteroatoms. The molecule has 0 bridgehead atoms. The average molecular weight is 331 g/mol. The molecule has 1 aromatic rings. The standard InChI is InChI=1S/C19H29N3O2/c1-2-22(19(23)18-12-20-9-11-24-18)15-17-8-10-21(14-17)13-16-6-4-3-5-7-16/h3-7,17-18,20H,2,8-15H2,1H3. The number of nitrogens with one attached hydrogen (secondary N) is 1. The number of rotatable bonds is 6. The third-order valence-electron chi connectivity index (χ3n) is 4.99. The predicted molar refractivity (Wildman–Crippen MR) is 94.7 cm³/mol. The molecule has 0 radical (unpaired) electrons. The van der Waals surface area contributed by atoms with Crippen molar-refractivity contribution in [3.8, 4) is 0 Å². The first kappa shape index (κ1) is 17.4. The lowest BCUT2D eigenvalue weighted by atomic mass is 10.1. The number of likely N-dealkylation sites (N-methyl/N-ethyl adjacent to an activating group) is 1. The van der Waals surface area contributed by atoms with E-state index in [0.29, 0.717) is 19.1 Å². The van der Waals surface area contributed by atoms with Crippen LogP contribution >= 0.6 is 0 Å². The second-order valence-electron chi connectivity index (χ2n) is 6.82. The van der Waals surface area contributed by atoms with Gasteiger partial charge in [-0.2, -0.15) is 0 Å². The SMILES string of the molecule is CCN(CC1CCN(Cc2ccccc2)C1)C(=O)C1CNCCO1. The molecular formula is C19H29N3O2. The maximum atomic E-state index is 12.6. The summed E-state index contributed by atoms with van der Waals surface area (Å²) in [5, 5.41) is 3.24. The van der Waals surface area contributed by atoms with Gasteiger partial charge in [-0.1, -0.05) is 30.3 Å². The van der Waals surface area contributed by atoms with E-state index in [1.807, 2.05) is 4.90 Å². The number of hydrogen-bond donors (Lipinski definition) is 1. The number of ether oxygens (including phenoxy) is 1. The van der Waals surface area contributed by atoms with E-state index >= 15 is 0 Å². The first-order chi connectivity index (χ1) is 11.8. The molecule has 2 atom stereocenters. The maximum Gasteiger partial charge on any atom is 0.253 e. The number of morpholine rings is 1. The van der Waals surface area contributed by atoms with Gasteiger partial charge in [-0.25, -0.2) is 0 Å². The Morgan fingerprint density at radius 2 is 2.21 bits per heavy atom. The summed E-state index contributed by atoms with van der Waals surface area (Å²) in [6.07, 6.45) is 0.862. The lowest BCUT2D eigenvalue weighted by Gasteiger charge is -2.30. The molecule has 1 aromatic carbocycles. The Hall–Kier alpha value is -1.43. The van der Waals surface area contributed by atoms with E-state index < -0.39 is 0 Å². The van der Waals surface area contributed by atoms with Crippen LogP contribution in [0.2, 0.25) is 0 Å². The third-order valence-corrected chi connectivity index (χ3v) is 4.99. The predicted octanol–water partition coefficient (Wildman–Crippen LogP) is 1.35. The second kappa shape index (κ2) is 8.60. The number of carbonyl (C=O) groups excluding carboxylic acids is 1. The van der Waals surface area contributed by atoms with Crippen LogP contribution in [0.25, 0.3) is 0 Å². The summed E-state index contributed by atoms with van der Waals surface area (Å²) in [5.41, 5.74) is 1.36. The van der Waals surface area contributed by atoms with Crippen LogP contribution in [0.15, 0.2) is 30.3 Å². The van der Waals surface area contributed by atoms with Gasteiger partial charge in [0, 0.05) is 39.3 Å². The number of carbonyl (C=O) groups is 1. The van der Waals surface area contributed by atoms with Crippen LogP contribution in [-0.2, 0) is 16.1 Å². The molecular weight excluding hydrogens is 302 g/mol. The van der Waals surface area contributed by atoms with Crippen molar-refractivity contribution in [2.45, 2.75) is 26.0 Å². The van der Waals surface area contributed by atoms with Crippen molar-refractivity contribution < 1.29 is 9.53 Å². The van der Waals surface area contributed by atoms with Gasteiger partial charge in [0.1, 0.15) is 6.10 Å². The van der Waals surface area contributed by atoms with Gasteiger partial charge in [-0.15, -0.1) is 0 Å². The van der Waals surface area contributed by atoms with Crippen molar-refractivity contribution in [1.82, 2.24) is 15.1 Å². The fourth-order valence-corrected chi connectivity index (χ4v) is 3.66. The average Bonchev–Trinajstić information content (AvgIpc) is 3.07. The van der Waals surface area contributed by atoms with Crippen molar-refractivity contribution in [3.63, 3.8) is 0 Å². The minimum Gasteiger partial charge on any atom is -0.366 e. The maximum absolute atomic E-state index is 12.6. The van der Waals surface area contributed by atoms with Crippen molar-refractivity contribution in [2.24, 2.45) is 5.92 Å². The monoisotopic (exact) mass is 331 g/mol. The van der Waals surface area contributed by atoms with Gasteiger partial charge in [-0.05, 0) is 31.4 Å². The zero-order chi connectivity index (χ0) is 16.8. The largest absolute Gasteiger partial charge is 0.366 e. The topological polar surface area (TPSA) is 44.8 Å². The van der Waals surface area contributed by atoms with E-state index in [2.05, 4.69) is 47.5 Å². The molecule has 0 aromatic heterocycles. The fourth-order valence-electron chi connectivity index (χ4n) is 3.66. The van der Waals surface area contributed by atoms with Gasteiger partial charge in [0.05, 0.1) is 6.61 Å². The molecule has 0 aliphatic carbocycles. The molecule has 2 saturated heterocycles. The normalized spacial score (nSPS) is 24.9. The van der Waals surface area contributed by atoms with Crippen LogP contribution in [0.5, 0.6) is 0 Å². The Morgan fingerprint density at radius 3 is 2.92 bits per heavy atom. The quantitative estimate of drug-likeness (QED) is 0.855. The van der Waals surface area contributed by atoms with E-state index in [9.17, 15) is 4.79 Å². The first-order valence-corrected chi connectivity index (χ1v) is 9.13. The molecule has 3 rings (SSSR count). The van der Waals surface area contributed by atoms with Gasteiger partial charge >= 0.3 is 0 Å². The number of nitrogens with zero attached hydrogens (tertiary/aromatic N) is 2. The fraction of sp³-hybridized carbons (Fsp3) is 0.632. The summed E-state index contributed by atoms with van der Waals surface area (Å²) in [4.78, 5) is 17.1. The summed E-state index contributed by atoms with van der Waals surface area (Å²) >= 11 is 0. The Kier molecular flexibility index (Phi) is 6.24. The highest BCUT2D eigenvalue weighted by Gasteiger charge is 2.30. The molecule has 0 saturated carbocycles. The van der Waals surface area contributed by atoms with Gasteiger partial charge in [0.2, 0.25) is 0 Å². The Bertz CT molecular complexity index is 517. The van der Waals surface area contributed by atoms with Crippen molar-refractivity contribution in [3.05, 3.63) is 35.9 Å². The van der Waals surface area contributed by atoms with Crippen LogP contribution in [0, 0.1) is 5.92 Å². The molecule has 1 N–H and O–H groups in total. The van der Waals surface area contributed by atoms with E-state index in [1.165, 1.54) is 12.0 Å². The number of likely N-dealkylation sites (tertiary alicyclic amines) is 1. The van der Waals surface area contributed by atoms with Crippen LogP contribution in [0.3, 0.4) is 0 Å². The Labute approximate surface area is 145 Å². The molecule has 5 nitrogen and oxygen atoms in total. The van der Waals surface area contributed by atoms with Gasteiger partial charge in [-0.3, -0.25) is 9.69 Å². The first-order valence-electron chi connectivity index (χ1n) is 9.13. The second-order valence-corrected chi connectivity index (χ2v) is 6.82. The minimum absolute atomic E-state index is 0.145. The van der Waals surface area contributed by atoms with Gasteiger partial charge in [0.15, 0.2) is 0 Å². The molecule has 2 fully saturated rings. The zero-order valence-corrected chi connectivity index (χ0v) is 14.6. The van der Waals surface area contributed by atoms with E-state index in [1.54, 1.807) is 0 Å². The summed E-state index contributed by atoms with van der Waals surface area (Å²) in [6.45, 7) is 8.97. The number of benzene rings is 1. The van der Waals surface area contributed by atoms with Gasteiger partial charge < -0.3 is 15.0 Å². The van der Waals surface area contributed by atoms with Crippen LogP contribution in [0.4, 0.5) is 0 Å². The number of amides is 1. The van der Waals surface area contributed by atoms with Crippen LogP contribution < -0.4 is 5.32 Å². The minimum atomic E-state index is -0.305. The van der Waals surface area contributed by atoms with E-state index in [-0.39, 0.29) is 12.0 Å². The molecule has 2 unspecified atom stereocenters. The molecule has 2 aliphatic heterocycles. The summed E-state index contributed by atoms with van der Waals surface area (Å²) < 4.78 is 5.62. The summed E-state index contributed by atoms with van der Waals surface area (Å²) in [7, 11) is 0. The highest BCUT2D eigenvalue weighted by molar-refractivity contribution is 5.81. The Morgan fingerprint density at radius 1 is 1.38 bits per heavy atom. The molecule has 1 amide bonds. The van der Waals surface area contributed by atoms with Gasteiger partial charge in [0.25, 0.3) is 5.91 Å². The lowest BCUT2D eigenvalue weighted by molar-refractivity contribution is -0.145. The zero-order valence-electron chi connectivity index (χ0n) is 14.6. The smallest absolute Gasteiger partial charge is 0.253 e. The van der Waals surface area contributed by atoms with Crippen LogP contribution in [-0.4, -0.2) is 67.7 Å². The van der Waals surface area contributed by atoms with Crippen LogP contribution in [0.1, 0.15) is 18.9 Å². The summed E-state index contributed by atoms with van der Waals surface area (Å²) in [6, 6.07) is 10.6. The summed E-state index contributed by atoms with van der Waals surface area (Å²) in [5.74, 6) is 0.709. The highest BCUT2D eigenvalue weighted by atomic mass is 16.5. The molecule has 24 heavy (non-hydrogen) atoms. The Balaban J connectivity index is 1.48. The lowest BCUT2D eigenvalue weighted by Crippen LogP contribution is -2.50. The molecule has 2 aliphatic rings. The van der Waals surface area contributed by atoms with E-state index in [0.717, 1.165) is 39.3 Å². The third kappa shape index (κ3) is 4.56. The highest BCUT2D eigenvalue weighted by Crippen LogP contribution is 2.20. The molecule has 0 spiro atoms. The van der Waals surface area contributed by atoms with Crippen molar-refractivity contribution >= 4 is 5.91 Å². The molecule has 132 valence electrons.